The molecule has 0 saturated carbocycles. The summed E-state index contributed by atoms with van der Waals surface area (Å²) in [6, 6.07) is 11.7. The molecular formula is C25H27N3O4. The van der Waals surface area contributed by atoms with Gasteiger partial charge in [0.05, 0.1) is 31.4 Å². The second-order valence-electron chi connectivity index (χ2n) is 8.50. The summed E-state index contributed by atoms with van der Waals surface area (Å²) in [6.07, 6.45) is 2.23. The van der Waals surface area contributed by atoms with Gasteiger partial charge in [0.2, 0.25) is 5.91 Å². The van der Waals surface area contributed by atoms with Crippen molar-refractivity contribution in [2.75, 3.05) is 33.4 Å². The molecule has 2 aromatic carbocycles. The number of nitrogens with two attached hydrogens (primary N) is 1. The Morgan fingerprint density at radius 2 is 1.97 bits per heavy atom. The van der Waals surface area contributed by atoms with Gasteiger partial charge in [0.15, 0.2) is 0 Å². The number of ether oxygens (including phenoxy) is 2. The number of benzene rings is 2. The molecule has 1 aliphatic carbocycles. The Kier molecular flexibility index (Phi) is 5.35. The van der Waals surface area contributed by atoms with Crippen LogP contribution < -0.4 is 10.5 Å². The zero-order valence-corrected chi connectivity index (χ0v) is 18.1. The fraction of sp³-hybridized carbons (Fsp3) is 0.360. The van der Waals surface area contributed by atoms with Crippen molar-refractivity contribution in [3.8, 4) is 16.9 Å². The van der Waals surface area contributed by atoms with E-state index in [9.17, 15) is 9.59 Å². The van der Waals surface area contributed by atoms with E-state index in [2.05, 4.69) is 11.1 Å². The minimum absolute atomic E-state index is 0.0582. The molecule has 0 bridgehead atoms. The van der Waals surface area contributed by atoms with E-state index in [1.165, 1.54) is 0 Å². The molecule has 5 rings (SSSR count). The number of carbonyl (C=O) groups excluding carboxylic acids is 2. The number of amides is 2. The van der Waals surface area contributed by atoms with Crippen LogP contribution >= 0.6 is 0 Å². The molecule has 32 heavy (non-hydrogen) atoms. The van der Waals surface area contributed by atoms with Gasteiger partial charge in [-0.3, -0.25) is 9.59 Å². The number of rotatable bonds is 4. The molecule has 1 unspecified atom stereocenters. The van der Waals surface area contributed by atoms with E-state index in [0.29, 0.717) is 38.3 Å². The third kappa shape index (κ3) is 3.62. The van der Waals surface area contributed by atoms with Crippen molar-refractivity contribution in [3.63, 3.8) is 0 Å². The van der Waals surface area contributed by atoms with Crippen LogP contribution in [0.1, 0.15) is 28.0 Å². The summed E-state index contributed by atoms with van der Waals surface area (Å²) in [7, 11) is 1.63. The highest BCUT2D eigenvalue weighted by molar-refractivity contribution is 6.08. The highest BCUT2D eigenvalue weighted by Gasteiger charge is 2.31. The van der Waals surface area contributed by atoms with Crippen LogP contribution in [0.15, 0.2) is 36.4 Å². The fourth-order valence-electron chi connectivity index (χ4n) is 4.93. The number of nitrogens with one attached hydrogen (secondary N) is 1. The average molecular weight is 434 g/mol. The molecule has 2 aliphatic rings. The number of morpholine rings is 1. The molecule has 1 aliphatic heterocycles. The smallest absolute Gasteiger partial charge is 0.250 e. The number of primary amides is 1. The lowest BCUT2D eigenvalue weighted by Crippen LogP contribution is -2.44. The van der Waals surface area contributed by atoms with Crippen molar-refractivity contribution in [1.82, 2.24) is 9.88 Å². The van der Waals surface area contributed by atoms with Crippen molar-refractivity contribution < 1.29 is 19.1 Å². The normalized spacial score (nSPS) is 18.4. The first-order valence-corrected chi connectivity index (χ1v) is 11.0. The van der Waals surface area contributed by atoms with E-state index >= 15 is 0 Å². The molecular weight excluding hydrogens is 406 g/mol. The maximum absolute atomic E-state index is 13.1. The molecule has 1 fully saturated rings. The van der Waals surface area contributed by atoms with Crippen molar-refractivity contribution in [2.24, 2.45) is 11.7 Å². The molecule has 0 radical (unpaired) electrons. The number of hydrogen-bond donors (Lipinski definition) is 2. The average Bonchev–Trinajstić information content (AvgIpc) is 3.21. The number of H-pyrrole nitrogens is 1. The van der Waals surface area contributed by atoms with E-state index in [1.807, 2.05) is 35.2 Å². The van der Waals surface area contributed by atoms with E-state index in [4.69, 9.17) is 15.2 Å². The molecule has 166 valence electrons. The third-order valence-electron chi connectivity index (χ3n) is 6.64. The Hall–Kier alpha value is -3.32. The predicted octanol–water partition coefficient (Wildman–Crippen LogP) is 2.91. The Morgan fingerprint density at radius 3 is 2.72 bits per heavy atom. The number of aromatic amines is 1. The predicted molar refractivity (Wildman–Crippen MR) is 122 cm³/mol. The summed E-state index contributed by atoms with van der Waals surface area (Å²) < 4.78 is 10.8. The standard InChI is InChI=1S/C25H27N3O4/c1-31-18-4-2-3-15(11-18)17-13-20-19-12-16(25(30)28-7-9-32-10-8-28)5-6-22(19)27-23(20)21(14-17)24(26)29/h2-4,11,13-14,16,27H,5-10,12H2,1H3,(H2,26,29). The maximum atomic E-state index is 13.1. The van der Waals surface area contributed by atoms with Crippen LogP contribution in [0.4, 0.5) is 0 Å². The quantitative estimate of drug-likeness (QED) is 0.661. The second-order valence-corrected chi connectivity index (χ2v) is 8.50. The number of fused-ring (bicyclic) bond motifs is 3. The van der Waals surface area contributed by atoms with E-state index < -0.39 is 5.91 Å². The first kappa shape index (κ1) is 20.6. The lowest BCUT2D eigenvalue weighted by Gasteiger charge is -2.32. The highest BCUT2D eigenvalue weighted by Crippen LogP contribution is 2.37. The van der Waals surface area contributed by atoms with Crippen LogP contribution in [0.5, 0.6) is 5.75 Å². The number of hydrogen-bond acceptors (Lipinski definition) is 4. The molecule has 1 atom stereocenters. The molecule has 3 aromatic rings. The molecule has 3 N–H and O–H groups in total. The van der Waals surface area contributed by atoms with Gasteiger partial charge in [0.25, 0.3) is 5.91 Å². The van der Waals surface area contributed by atoms with Crippen molar-refractivity contribution in [1.29, 1.82) is 0 Å². The summed E-state index contributed by atoms with van der Waals surface area (Å²) in [5, 5.41) is 0.966. The van der Waals surface area contributed by atoms with Crippen LogP contribution in [0.25, 0.3) is 22.0 Å². The minimum atomic E-state index is -0.473. The number of aromatic nitrogens is 1. The first-order valence-electron chi connectivity index (χ1n) is 11.0. The molecule has 1 aromatic heterocycles. The van der Waals surface area contributed by atoms with Crippen molar-refractivity contribution in [3.05, 3.63) is 53.2 Å². The SMILES string of the molecule is COc1cccc(-c2cc(C(N)=O)c3[nH]c4c(c3c2)CC(C(=O)N2CCOCC2)CC4)c1. The summed E-state index contributed by atoms with van der Waals surface area (Å²) >= 11 is 0. The highest BCUT2D eigenvalue weighted by atomic mass is 16.5. The van der Waals surface area contributed by atoms with Gasteiger partial charge in [-0.25, -0.2) is 0 Å². The number of aryl methyl sites for hydroxylation is 1. The summed E-state index contributed by atoms with van der Waals surface area (Å²) in [6.45, 7) is 2.51. The molecule has 0 spiro atoms. The molecule has 2 heterocycles. The lowest BCUT2D eigenvalue weighted by atomic mass is 9.84. The van der Waals surface area contributed by atoms with E-state index in [1.54, 1.807) is 7.11 Å². The minimum Gasteiger partial charge on any atom is -0.497 e. The number of methoxy groups -OCH3 is 1. The molecule has 7 heteroatoms. The van der Waals surface area contributed by atoms with Gasteiger partial charge in [-0.1, -0.05) is 12.1 Å². The zero-order valence-electron chi connectivity index (χ0n) is 18.1. The van der Waals surface area contributed by atoms with Crippen LogP contribution in [-0.2, 0) is 22.4 Å². The molecule has 7 nitrogen and oxygen atoms in total. The van der Waals surface area contributed by atoms with Crippen LogP contribution in [0.2, 0.25) is 0 Å². The molecule has 2 amide bonds. The number of carbonyl (C=O) groups is 2. The topological polar surface area (TPSA) is 97.7 Å². The Bertz CT molecular complexity index is 1190. The monoisotopic (exact) mass is 433 g/mol. The summed E-state index contributed by atoms with van der Waals surface area (Å²) in [5.74, 6) is 0.416. The van der Waals surface area contributed by atoms with Gasteiger partial charge < -0.3 is 25.1 Å². The van der Waals surface area contributed by atoms with Crippen LogP contribution in [-0.4, -0.2) is 55.1 Å². The largest absolute Gasteiger partial charge is 0.497 e. The van der Waals surface area contributed by atoms with Gasteiger partial charge in [0, 0.05) is 30.1 Å². The maximum Gasteiger partial charge on any atom is 0.250 e. The Balaban J connectivity index is 1.56. The van der Waals surface area contributed by atoms with Gasteiger partial charge in [-0.2, -0.15) is 0 Å². The van der Waals surface area contributed by atoms with E-state index in [-0.39, 0.29) is 11.8 Å². The van der Waals surface area contributed by atoms with Crippen LogP contribution in [0, 0.1) is 5.92 Å². The van der Waals surface area contributed by atoms with Crippen molar-refractivity contribution in [2.45, 2.75) is 19.3 Å². The fourth-order valence-corrected chi connectivity index (χ4v) is 4.93. The van der Waals surface area contributed by atoms with Gasteiger partial charge >= 0.3 is 0 Å². The van der Waals surface area contributed by atoms with Gasteiger partial charge in [0.1, 0.15) is 5.75 Å². The van der Waals surface area contributed by atoms with Crippen molar-refractivity contribution >= 4 is 22.7 Å². The Labute approximate surface area is 186 Å². The van der Waals surface area contributed by atoms with E-state index in [0.717, 1.165) is 51.9 Å². The lowest BCUT2D eigenvalue weighted by molar-refractivity contribution is -0.140. The summed E-state index contributed by atoms with van der Waals surface area (Å²) in [5.41, 5.74) is 11.0. The van der Waals surface area contributed by atoms with Crippen LogP contribution in [0.3, 0.4) is 0 Å². The Morgan fingerprint density at radius 1 is 1.16 bits per heavy atom. The van der Waals surface area contributed by atoms with Gasteiger partial charge in [-0.15, -0.1) is 0 Å². The zero-order chi connectivity index (χ0) is 22.2. The molecule has 1 saturated heterocycles. The van der Waals surface area contributed by atoms with Gasteiger partial charge in [-0.05, 0) is 60.2 Å². The second kappa shape index (κ2) is 8.31. The summed E-state index contributed by atoms with van der Waals surface area (Å²) in [4.78, 5) is 30.8. The number of nitrogens with zero attached hydrogens (tertiary/aromatic N) is 1. The first-order chi connectivity index (χ1) is 15.5. The third-order valence-corrected chi connectivity index (χ3v) is 6.64.